The van der Waals surface area contributed by atoms with Crippen LogP contribution in [0.3, 0.4) is 0 Å². The van der Waals surface area contributed by atoms with Crippen molar-refractivity contribution < 1.29 is 14.2 Å². The van der Waals surface area contributed by atoms with Gasteiger partial charge in [-0.25, -0.2) is 0 Å². The van der Waals surface area contributed by atoms with Crippen molar-refractivity contribution in [2.24, 2.45) is 0 Å². The van der Waals surface area contributed by atoms with E-state index in [2.05, 4.69) is 0 Å². The number of hydrogen-bond acceptors (Lipinski definition) is 3. The van der Waals surface area contributed by atoms with E-state index in [4.69, 9.17) is 14.2 Å². The summed E-state index contributed by atoms with van der Waals surface area (Å²) in [5.41, 5.74) is 0. The molecule has 64 valence electrons. The van der Waals surface area contributed by atoms with Gasteiger partial charge in [0.05, 0.1) is 0 Å². The number of hydrogen-bond donors (Lipinski definition) is 0. The smallest absolute Gasteiger partial charge is 0.190 e. The third kappa shape index (κ3) is 1.61. The van der Waals surface area contributed by atoms with Crippen molar-refractivity contribution in [1.82, 2.24) is 0 Å². The van der Waals surface area contributed by atoms with Gasteiger partial charge in [0, 0.05) is 20.6 Å². The highest BCUT2D eigenvalue weighted by Gasteiger charge is 2.33. The molecular formula is C8H14O3. The van der Waals surface area contributed by atoms with Crippen molar-refractivity contribution >= 4 is 0 Å². The molecule has 0 saturated carbocycles. The standard InChI is InChI=1S/C8H14O3/c1-4-8(10-3)6-5-7(9-2)11-8/h5-7H,4H2,1-3H3. The van der Waals surface area contributed by atoms with Crippen LogP contribution in [0.5, 0.6) is 0 Å². The summed E-state index contributed by atoms with van der Waals surface area (Å²) >= 11 is 0. The SMILES string of the molecule is CCC1(OC)C=CC(OC)O1. The molecule has 0 aromatic heterocycles. The average Bonchev–Trinajstić information content (AvgIpc) is 2.49. The van der Waals surface area contributed by atoms with Crippen LogP contribution in [0.4, 0.5) is 0 Å². The normalized spacial score (nSPS) is 36.5. The molecule has 3 heteroatoms. The van der Waals surface area contributed by atoms with E-state index < -0.39 is 5.79 Å². The molecule has 0 aliphatic carbocycles. The molecule has 0 fully saturated rings. The van der Waals surface area contributed by atoms with Crippen molar-refractivity contribution in [2.45, 2.75) is 25.4 Å². The van der Waals surface area contributed by atoms with Gasteiger partial charge in [-0.2, -0.15) is 0 Å². The van der Waals surface area contributed by atoms with Crippen LogP contribution in [0.2, 0.25) is 0 Å². The van der Waals surface area contributed by atoms with E-state index in [9.17, 15) is 0 Å². The summed E-state index contributed by atoms with van der Waals surface area (Å²) in [5, 5.41) is 0. The van der Waals surface area contributed by atoms with Crippen LogP contribution in [0.25, 0.3) is 0 Å². The molecule has 0 N–H and O–H groups in total. The van der Waals surface area contributed by atoms with Crippen molar-refractivity contribution in [1.29, 1.82) is 0 Å². The largest absolute Gasteiger partial charge is 0.352 e. The van der Waals surface area contributed by atoms with E-state index >= 15 is 0 Å². The van der Waals surface area contributed by atoms with Gasteiger partial charge in [-0.15, -0.1) is 0 Å². The molecule has 0 aromatic carbocycles. The van der Waals surface area contributed by atoms with E-state index in [-0.39, 0.29) is 6.29 Å². The predicted molar refractivity (Wildman–Crippen MR) is 41.1 cm³/mol. The van der Waals surface area contributed by atoms with Crippen LogP contribution in [0.1, 0.15) is 13.3 Å². The number of rotatable bonds is 3. The van der Waals surface area contributed by atoms with E-state index in [1.807, 2.05) is 19.1 Å². The van der Waals surface area contributed by atoms with Gasteiger partial charge in [0.2, 0.25) is 0 Å². The second-order valence-corrected chi connectivity index (χ2v) is 2.45. The second kappa shape index (κ2) is 3.34. The number of ether oxygens (including phenoxy) is 3. The Morgan fingerprint density at radius 1 is 1.55 bits per heavy atom. The summed E-state index contributed by atoms with van der Waals surface area (Å²) in [4.78, 5) is 0. The summed E-state index contributed by atoms with van der Waals surface area (Å²) in [6.07, 6.45) is 4.28. The Labute approximate surface area is 66.9 Å². The summed E-state index contributed by atoms with van der Waals surface area (Å²) in [5.74, 6) is -0.555. The van der Waals surface area contributed by atoms with Crippen molar-refractivity contribution in [3.05, 3.63) is 12.2 Å². The van der Waals surface area contributed by atoms with Crippen LogP contribution >= 0.6 is 0 Å². The Morgan fingerprint density at radius 2 is 2.27 bits per heavy atom. The molecule has 1 aliphatic heterocycles. The molecule has 1 aliphatic rings. The predicted octanol–water partition coefficient (Wildman–Crippen LogP) is 1.30. The van der Waals surface area contributed by atoms with Crippen molar-refractivity contribution in [3.63, 3.8) is 0 Å². The summed E-state index contributed by atoms with van der Waals surface area (Å²) < 4.78 is 15.6. The number of methoxy groups -OCH3 is 2. The topological polar surface area (TPSA) is 27.7 Å². The van der Waals surface area contributed by atoms with Gasteiger partial charge in [-0.05, 0) is 12.2 Å². The zero-order chi connectivity index (χ0) is 8.32. The van der Waals surface area contributed by atoms with E-state index in [1.54, 1.807) is 14.2 Å². The van der Waals surface area contributed by atoms with Gasteiger partial charge >= 0.3 is 0 Å². The minimum absolute atomic E-state index is 0.255. The first-order valence-corrected chi connectivity index (χ1v) is 3.71. The quantitative estimate of drug-likeness (QED) is 0.579. The molecule has 3 nitrogen and oxygen atoms in total. The maximum Gasteiger partial charge on any atom is 0.190 e. The Bertz CT molecular complexity index is 149. The fourth-order valence-electron chi connectivity index (χ4n) is 1.09. The first kappa shape index (κ1) is 8.71. The Morgan fingerprint density at radius 3 is 2.55 bits per heavy atom. The van der Waals surface area contributed by atoms with Crippen molar-refractivity contribution in [3.8, 4) is 0 Å². The lowest BCUT2D eigenvalue weighted by Gasteiger charge is -2.25. The Hall–Kier alpha value is -0.380. The van der Waals surface area contributed by atoms with Gasteiger partial charge in [-0.3, -0.25) is 0 Å². The first-order chi connectivity index (χ1) is 5.26. The third-order valence-electron chi connectivity index (χ3n) is 1.89. The molecule has 0 spiro atoms. The second-order valence-electron chi connectivity index (χ2n) is 2.45. The fraction of sp³-hybridized carbons (Fsp3) is 0.750. The minimum Gasteiger partial charge on any atom is -0.352 e. The van der Waals surface area contributed by atoms with Crippen LogP contribution in [0, 0.1) is 0 Å². The molecule has 2 unspecified atom stereocenters. The summed E-state index contributed by atoms with van der Waals surface area (Å²) in [6.45, 7) is 2.01. The van der Waals surface area contributed by atoms with Gasteiger partial charge < -0.3 is 14.2 Å². The zero-order valence-electron chi connectivity index (χ0n) is 7.16. The highest BCUT2D eigenvalue weighted by molar-refractivity contribution is 5.04. The van der Waals surface area contributed by atoms with Crippen LogP contribution in [-0.2, 0) is 14.2 Å². The van der Waals surface area contributed by atoms with Crippen molar-refractivity contribution in [2.75, 3.05) is 14.2 Å². The molecule has 1 heterocycles. The van der Waals surface area contributed by atoms with Crippen LogP contribution in [0.15, 0.2) is 12.2 Å². The molecule has 0 amide bonds. The maximum absolute atomic E-state index is 5.44. The minimum atomic E-state index is -0.555. The van der Waals surface area contributed by atoms with Gasteiger partial charge in [0.15, 0.2) is 12.1 Å². The van der Waals surface area contributed by atoms with Gasteiger partial charge in [-0.1, -0.05) is 6.92 Å². The lowest BCUT2D eigenvalue weighted by Crippen LogP contribution is -2.31. The zero-order valence-corrected chi connectivity index (χ0v) is 7.16. The molecule has 0 aromatic rings. The van der Waals surface area contributed by atoms with Crippen LogP contribution in [-0.4, -0.2) is 26.3 Å². The average molecular weight is 158 g/mol. The molecule has 1 rings (SSSR count). The fourth-order valence-corrected chi connectivity index (χ4v) is 1.09. The molecule has 0 bridgehead atoms. The monoisotopic (exact) mass is 158 g/mol. The molecule has 0 saturated heterocycles. The van der Waals surface area contributed by atoms with Gasteiger partial charge in [0.25, 0.3) is 0 Å². The summed E-state index contributed by atoms with van der Waals surface area (Å²) in [7, 11) is 3.24. The Balaban J connectivity index is 2.57. The first-order valence-electron chi connectivity index (χ1n) is 3.71. The van der Waals surface area contributed by atoms with E-state index in [1.165, 1.54) is 0 Å². The Kier molecular flexibility index (Phi) is 2.65. The lowest BCUT2D eigenvalue weighted by molar-refractivity contribution is -0.242. The maximum atomic E-state index is 5.44. The highest BCUT2D eigenvalue weighted by atomic mass is 16.8. The third-order valence-corrected chi connectivity index (χ3v) is 1.89. The highest BCUT2D eigenvalue weighted by Crippen LogP contribution is 2.27. The van der Waals surface area contributed by atoms with E-state index in [0.717, 1.165) is 6.42 Å². The molecule has 2 atom stereocenters. The van der Waals surface area contributed by atoms with Gasteiger partial charge in [0.1, 0.15) is 0 Å². The molecular weight excluding hydrogens is 144 g/mol. The molecule has 11 heavy (non-hydrogen) atoms. The lowest BCUT2D eigenvalue weighted by atomic mass is 10.2. The molecule has 0 radical (unpaired) electrons. The van der Waals surface area contributed by atoms with E-state index in [0.29, 0.717) is 0 Å². The summed E-state index contributed by atoms with van der Waals surface area (Å²) in [6, 6.07) is 0. The van der Waals surface area contributed by atoms with Crippen LogP contribution < -0.4 is 0 Å².